The van der Waals surface area contributed by atoms with Gasteiger partial charge in [0.25, 0.3) is 0 Å². The lowest BCUT2D eigenvalue weighted by atomic mass is 10.0. The molecule has 1 aliphatic carbocycles. The Balaban J connectivity index is 1.39. The van der Waals surface area contributed by atoms with Gasteiger partial charge in [0.15, 0.2) is 12.4 Å². The average Bonchev–Trinajstić information content (AvgIpc) is 3.14. The van der Waals surface area contributed by atoms with Crippen LogP contribution in [-0.2, 0) is 16.0 Å². The Hall–Kier alpha value is -3.66. The second-order valence-corrected chi connectivity index (χ2v) is 6.85. The highest BCUT2D eigenvalue weighted by Gasteiger charge is 2.19. The summed E-state index contributed by atoms with van der Waals surface area (Å²) >= 11 is 0. The van der Waals surface area contributed by atoms with Crippen molar-refractivity contribution in [3.63, 3.8) is 0 Å². The lowest BCUT2D eigenvalue weighted by Crippen LogP contribution is -2.12. The molecule has 0 aromatic heterocycles. The first-order chi connectivity index (χ1) is 14.1. The number of Topliss-reactive ketones (excluding diaryl/α,β-unsaturated/α-hetero) is 1. The van der Waals surface area contributed by atoms with Crippen LogP contribution in [-0.4, -0.2) is 25.5 Å². The molecular weight excluding hydrogens is 364 g/mol. The van der Waals surface area contributed by atoms with E-state index in [1.165, 1.54) is 17.2 Å². The van der Waals surface area contributed by atoms with E-state index in [0.717, 1.165) is 23.1 Å². The van der Waals surface area contributed by atoms with Gasteiger partial charge in [0.05, 0.1) is 7.11 Å². The number of methoxy groups -OCH3 is 1. The summed E-state index contributed by atoms with van der Waals surface area (Å²) < 4.78 is 10.3. The van der Waals surface area contributed by atoms with Crippen molar-refractivity contribution in [3.8, 4) is 16.9 Å². The van der Waals surface area contributed by atoms with Crippen LogP contribution in [0, 0.1) is 0 Å². The van der Waals surface area contributed by atoms with Gasteiger partial charge < -0.3 is 9.47 Å². The van der Waals surface area contributed by atoms with Gasteiger partial charge in [-0.2, -0.15) is 0 Å². The van der Waals surface area contributed by atoms with Crippen molar-refractivity contribution < 1.29 is 19.1 Å². The maximum absolute atomic E-state index is 12.5. The number of benzene rings is 3. The summed E-state index contributed by atoms with van der Waals surface area (Å²) in [4.78, 5) is 24.5. The van der Waals surface area contributed by atoms with Crippen molar-refractivity contribution in [3.05, 3.63) is 95.1 Å². The van der Waals surface area contributed by atoms with E-state index >= 15 is 0 Å². The van der Waals surface area contributed by atoms with Crippen molar-refractivity contribution >= 4 is 17.8 Å². The highest BCUT2D eigenvalue weighted by Crippen LogP contribution is 2.36. The monoisotopic (exact) mass is 384 g/mol. The molecule has 4 nitrogen and oxygen atoms in total. The predicted molar refractivity (Wildman–Crippen MR) is 112 cm³/mol. The topological polar surface area (TPSA) is 52.6 Å². The third-order valence-electron chi connectivity index (χ3n) is 4.97. The van der Waals surface area contributed by atoms with Crippen LogP contribution in [0.4, 0.5) is 0 Å². The summed E-state index contributed by atoms with van der Waals surface area (Å²) in [6.07, 6.45) is 3.81. The molecule has 4 rings (SSSR count). The van der Waals surface area contributed by atoms with Gasteiger partial charge >= 0.3 is 5.97 Å². The number of carbonyl (C=O) groups excluding carboxylic acids is 2. The largest absolute Gasteiger partial charge is 0.497 e. The zero-order valence-corrected chi connectivity index (χ0v) is 16.1. The van der Waals surface area contributed by atoms with Crippen molar-refractivity contribution in [2.75, 3.05) is 13.7 Å². The van der Waals surface area contributed by atoms with E-state index in [1.54, 1.807) is 25.3 Å². The number of esters is 1. The standard InChI is InChI=1S/C25H20O4/c1-28-21-7-4-5-17(13-21)9-12-25(27)29-16-24(26)20-11-10-19-14-18-6-2-3-8-22(18)23(19)15-20/h2-13,15H,14,16H2,1H3. The summed E-state index contributed by atoms with van der Waals surface area (Å²) in [5, 5.41) is 0. The number of hydrogen-bond acceptors (Lipinski definition) is 4. The average molecular weight is 384 g/mol. The minimum absolute atomic E-state index is 0.222. The van der Waals surface area contributed by atoms with Crippen molar-refractivity contribution in [2.45, 2.75) is 6.42 Å². The summed E-state index contributed by atoms with van der Waals surface area (Å²) in [5.74, 6) is -0.0816. The van der Waals surface area contributed by atoms with E-state index in [-0.39, 0.29) is 12.4 Å². The van der Waals surface area contributed by atoms with Crippen LogP contribution in [0.3, 0.4) is 0 Å². The first-order valence-corrected chi connectivity index (χ1v) is 9.37. The van der Waals surface area contributed by atoms with Crippen LogP contribution in [0.25, 0.3) is 17.2 Å². The molecule has 0 fully saturated rings. The molecule has 0 saturated heterocycles. The molecule has 0 bridgehead atoms. The van der Waals surface area contributed by atoms with Gasteiger partial charge in [-0.05, 0) is 58.5 Å². The molecule has 0 heterocycles. The predicted octanol–water partition coefficient (Wildman–Crippen LogP) is 4.71. The Bertz CT molecular complexity index is 1110. The number of rotatable bonds is 6. The zero-order valence-electron chi connectivity index (χ0n) is 16.1. The third-order valence-corrected chi connectivity index (χ3v) is 4.97. The summed E-state index contributed by atoms with van der Waals surface area (Å²) in [5.41, 5.74) is 6.07. The number of ether oxygens (including phenoxy) is 2. The molecule has 4 heteroatoms. The Labute approximate surface area is 169 Å². The zero-order chi connectivity index (χ0) is 20.2. The Morgan fingerprint density at radius 1 is 0.931 bits per heavy atom. The van der Waals surface area contributed by atoms with Gasteiger partial charge in [-0.1, -0.05) is 48.5 Å². The molecule has 0 aliphatic heterocycles. The van der Waals surface area contributed by atoms with Crippen LogP contribution in [0.2, 0.25) is 0 Å². The third kappa shape index (κ3) is 4.11. The first-order valence-electron chi connectivity index (χ1n) is 9.37. The van der Waals surface area contributed by atoms with Crippen molar-refractivity contribution in [1.82, 2.24) is 0 Å². The van der Waals surface area contributed by atoms with Crippen LogP contribution >= 0.6 is 0 Å². The molecule has 0 atom stereocenters. The molecule has 0 unspecified atom stereocenters. The molecular formula is C25H20O4. The Kier molecular flexibility index (Phi) is 5.25. The molecule has 144 valence electrons. The number of hydrogen-bond donors (Lipinski definition) is 0. The van der Waals surface area contributed by atoms with Gasteiger partial charge in [-0.15, -0.1) is 0 Å². The van der Waals surface area contributed by atoms with E-state index in [2.05, 4.69) is 12.1 Å². The fourth-order valence-electron chi connectivity index (χ4n) is 3.47. The smallest absolute Gasteiger partial charge is 0.331 e. The maximum atomic E-state index is 12.5. The van der Waals surface area contributed by atoms with E-state index in [9.17, 15) is 9.59 Å². The SMILES string of the molecule is COc1cccc(C=CC(=O)OCC(=O)c2ccc3c(c2)-c2ccccc2C3)c1. The van der Waals surface area contributed by atoms with Crippen LogP contribution in [0.1, 0.15) is 27.0 Å². The van der Waals surface area contributed by atoms with E-state index in [0.29, 0.717) is 11.3 Å². The van der Waals surface area contributed by atoms with Crippen molar-refractivity contribution in [2.24, 2.45) is 0 Å². The van der Waals surface area contributed by atoms with Gasteiger partial charge in [-0.3, -0.25) is 4.79 Å². The number of ketones is 1. The molecule has 0 radical (unpaired) electrons. The van der Waals surface area contributed by atoms with E-state index < -0.39 is 5.97 Å². The maximum Gasteiger partial charge on any atom is 0.331 e. The lowest BCUT2D eigenvalue weighted by molar-refractivity contribution is -0.136. The molecule has 1 aliphatic rings. The number of fused-ring (bicyclic) bond motifs is 3. The molecule has 0 amide bonds. The molecule has 0 N–H and O–H groups in total. The van der Waals surface area contributed by atoms with Gasteiger partial charge in [0.2, 0.25) is 0 Å². The minimum Gasteiger partial charge on any atom is -0.497 e. The molecule has 29 heavy (non-hydrogen) atoms. The van der Waals surface area contributed by atoms with Gasteiger partial charge in [0.1, 0.15) is 5.75 Å². The quantitative estimate of drug-likeness (QED) is 0.275. The highest BCUT2D eigenvalue weighted by atomic mass is 16.5. The lowest BCUT2D eigenvalue weighted by Gasteiger charge is -2.06. The van der Waals surface area contributed by atoms with Crippen LogP contribution in [0.5, 0.6) is 5.75 Å². The van der Waals surface area contributed by atoms with Crippen LogP contribution in [0.15, 0.2) is 72.8 Å². The molecule has 3 aromatic carbocycles. The summed E-state index contributed by atoms with van der Waals surface area (Å²) in [6.45, 7) is -0.290. The Morgan fingerprint density at radius 3 is 2.62 bits per heavy atom. The fraction of sp³-hybridized carbons (Fsp3) is 0.120. The molecule has 0 saturated carbocycles. The van der Waals surface area contributed by atoms with Crippen molar-refractivity contribution in [1.29, 1.82) is 0 Å². The summed E-state index contributed by atoms with van der Waals surface area (Å²) in [7, 11) is 1.58. The highest BCUT2D eigenvalue weighted by molar-refractivity contribution is 6.00. The molecule has 0 spiro atoms. The van der Waals surface area contributed by atoms with E-state index in [1.807, 2.05) is 42.5 Å². The molecule has 3 aromatic rings. The fourth-order valence-corrected chi connectivity index (χ4v) is 3.47. The summed E-state index contributed by atoms with van der Waals surface area (Å²) in [6, 6.07) is 21.2. The van der Waals surface area contributed by atoms with Gasteiger partial charge in [-0.25, -0.2) is 4.79 Å². The first kappa shape index (κ1) is 18.7. The van der Waals surface area contributed by atoms with Crippen LogP contribution < -0.4 is 4.74 Å². The normalized spacial score (nSPS) is 11.8. The second kappa shape index (κ2) is 8.15. The number of carbonyl (C=O) groups is 2. The van der Waals surface area contributed by atoms with E-state index in [4.69, 9.17) is 9.47 Å². The van der Waals surface area contributed by atoms with Gasteiger partial charge in [0, 0.05) is 11.6 Å². The minimum atomic E-state index is -0.562. The Morgan fingerprint density at radius 2 is 1.76 bits per heavy atom. The second-order valence-electron chi connectivity index (χ2n) is 6.85.